The Labute approximate surface area is 126 Å². The molecule has 9 heteroatoms. The number of amides is 1. The first kappa shape index (κ1) is 14.5. The highest BCUT2D eigenvalue weighted by atomic mass is 32.1. The maximum absolute atomic E-state index is 12.5. The number of carbonyl (C=O) groups excluding carboxylic acids is 1. The van der Waals surface area contributed by atoms with Crippen LogP contribution in [0.2, 0.25) is 0 Å². The largest absolute Gasteiger partial charge is 0.434 e. The molecule has 2 aromatic heterocycles. The van der Waals surface area contributed by atoms with E-state index in [9.17, 15) is 18.0 Å². The lowest BCUT2D eigenvalue weighted by Crippen LogP contribution is -2.13. The maximum atomic E-state index is 12.5. The van der Waals surface area contributed by atoms with Gasteiger partial charge in [0.25, 0.3) is 5.91 Å². The SMILES string of the molecule is Cc1ccc2[nH]nc(C(=O)Nc3nc(C(F)(F)F)cs3)c2c1. The van der Waals surface area contributed by atoms with Gasteiger partial charge in [0.2, 0.25) is 0 Å². The monoisotopic (exact) mass is 326 g/mol. The summed E-state index contributed by atoms with van der Waals surface area (Å²) in [4.78, 5) is 15.5. The van der Waals surface area contributed by atoms with Crippen LogP contribution < -0.4 is 5.32 Å². The average Bonchev–Trinajstić information content (AvgIpc) is 3.04. The first-order valence-electron chi connectivity index (χ1n) is 6.13. The van der Waals surface area contributed by atoms with Crippen LogP contribution in [0.1, 0.15) is 21.7 Å². The van der Waals surface area contributed by atoms with Gasteiger partial charge in [0, 0.05) is 10.8 Å². The maximum Gasteiger partial charge on any atom is 0.434 e. The number of hydrogen-bond acceptors (Lipinski definition) is 4. The minimum absolute atomic E-state index is 0.113. The van der Waals surface area contributed by atoms with E-state index in [0.29, 0.717) is 22.2 Å². The zero-order valence-electron chi connectivity index (χ0n) is 11.2. The molecule has 0 aliphatic heterocycles. The molecule has 0 fully saturated rings. The molecule has 0 saturated heterocycles. The van der Waals surface area contributed by atoms with E-state index in [1.165, 1.54) is 0 Å². The van der Waals surface area contributed by atoms with Crippen LogP contribution in [-0.4, -0.2) is 21.1 Å². The van der Waals surface area contributed by atoms with Crippen molar-refractivity contribution in [2.75, 3.05) is 5.32 Å². The number of aromatic amines is 1. The number of rotatable bonds is 2. The second-order valence-corrected chi connectivity index (χ2v) is 5.47. The van der Waals surface area contributed by atoms with Gasteiger partial charge >= 0.3 is 6.18 Å². The van der Waals surface area contributed by atoms with Crippen LogP contribution >= 0.6 is 11.3 Å². The third kappa shape index (κ3) is 2.67. The van der Waals surface area contributed by atoms with Gasteiger partial charge in [-0.3, -0.25) is 15.2 Å². The third-order valence-electron chi connectivity index (χ3n) is 2.95. The van der Waals surface area contributed by atoms with E-state index in [-0.39, 0.29) is 10.8 Å². The molecule has 3 rings (SSSR count). The number of nitrogens with one attached hydrogen (secondary N) is 2. The van der Waals surface area contributed by atoms with Crippen molar-refractivity contribution in [3.63, 3.8) is 0 Å². The molecule has 3 aromatic rings. The highest BCUT2D eigenvalue weighted by Gasteiger charge is 2.34. The number of H-pyrrole nitrogens is 1. The van der Waals surface area contributed by atoms with Gasteiger partial charge in [-0.05, 0) is 19.1 Å². The number of carbonyl (C=O) groups is 1. The fourth-order valence-corrected chi connectivity index (χ4v) is 2.63. The first-order valence-corrected chi connectivity index (χ1v) is 7.01. The lowest BCUT2D eigenvalue weighted by molar-refractivity contribution is -0.140. The fraction of sp³-hybridized carbons (Fsp3) is 0.154. The van der Waals surface area contributed by atoms with Crippen LogP contribution in [0.4, 0.5) is 18.3 Å². The van der Waals surface area contributed by atoms with E-state index in [2.05, 4.69) is 20.5 Å². The van der Waals surface area contributed by atoms with Crippen molar-refractivity contribution in [2.45, 2.75) is 13.1 Å². The Morgan fingerprint density at radius 1 is 1.36 bits per heavy atom. The Bertz CT molecular complexity index is 852. The van der Waals surface area contributed by atoms with Gasteiger partial charge in [-0.2, -0.15) is 18.3 Å². The van der Waals surface area contributed by atoms with Crippen LogP contribution in [-0.2, 0) is 6.18 Å². The Hall–Kier alpha value is -2.42. The Morgan fingerprint density at radius 3 is 2.82 bits per heavy atom. The fourth-order valence-electron chi connectivity index (χ4n) is 1.92. The Kier molecular flexibility index (Phi) is 3.36. The molecule has 0 bridgehead atoms. The molecule has 1 amide bonds. The first-order chi connectivity index (χ1) is 10.3. The number of anilines is 1. The summed E-state index contributed by atoms with van der Waals surface area (Å²) in [5, 5.41) is 10.3. The van der Waals surface area contributed by atoms with E-state index in [1.807, 2.05) is 13.0 Å². The second kappa shape index (κ2) is 5.09. The minimum Gasteiger partial charge on any atom is -0.296 e. The van der Waals surface area contributed by atoms with Gasteiger partial charge in [0.15, 0.2) is 16.5 Å². The summed E-state index contributed by atoms with van der Waals surface area (Å²) in [6.07, 6.45) is -4.53. The number of aromatic nitrogens is 3. The zero-order valence-corrected chi connectivity index (χ0v) is 12.0. The van der Waals surface area contributed by atoms with E-state index < -0.39 is 17.8 Å². The number of thiazole rings is 1. The van der Waals surface area contributed by atoms with Crippen molar-refractivity contribution < 1.29 is 18.0 Å². The smallest absolute Gasteiger partial charge is 0.296 e. The van der Waals surface area contributed by atoms with E-state index >= 15 is 0 Å². The van der Waals surface area contributed by atoms with E-state index in [1.54, 1.807) is 12.1 Å². The molecule has 0 aliphatic carbocycles. The van der Waals surface area contributed by atoms with Crippen LogP contribution in [0.15, 0.2) is 23.6 Å². The number of halogens is 3. The lowest BCUT2D eigenvalue weighted by Gasteiger charge is -2.01. The summed E-state index contributed by atoms with van der Waals surface area (Å²) < 4.78 is 37.4. The number of hydrogen-bond donors (Lipinski definition) is 2. The highest BCUT2D eigenvalue weighted by molar-refractivity contribution is 7.14. The molecule has 22 heavy (non-hydrogen) atoms. The van der Waals surface area contributed by atoms with Gasteiger partial charge in [0.05, 0.1) is 5.52 Å². The highest BCUT2D eigenvalue weighted by Crippen LogP contribution is 2.31. The van der Waals surface area contributed by atoms with Gasteiger partial charge in [-0.25, -0.2) is 4.98 Å². The molecule has 0 saturated carbocycles. The third-order valence-corrected chi connectivity index (χ3v) is 3.71. The van der Waals surface area contributed by atoms with Crippen molar-refractivity contribution in [1.29, 1.82) is 0 Å². The number of nitrogens with zero attached hydrogens (tertiary/aromatic N) is 2. The number of aryl methyl sites for hydroxylation is 1. The summed E-state index contributed by atoms with van der Waals surface area (Å²) in [5.74, 6) is -0.611. The quantitative estimate of drug-likeness (QED) is 0.756. The van der Waals surface area contributed by atoms with Gasteiger partial charge in [-0.1, -0.05) is 11.6 Å². The number of fused-ring (bicyclic) bond motifs is 1. The van der Waals surface area contributed by atoms with Crippen LogP contribution in [0.5, 0.6) is 0 Å². The van der Waals surface area contributed by atoms with Crippen molar-refractivity contribution >= 4 is 33.3 Å². The van der Waals surface area contributed by atoms with E-state index in [0.717, 1.165) is 10.9 Å². The Morgan fingerprint density at radius 2 is 2.14 bits per heavy atom. The van der Waals surface area contributed by atoms with E-state index in [4.69, 9.17) is 0 Å². The number of benzene rings is 1. The van der Waals surface area contributed by atoms with Crippen LogP contribution in [0.25, 0.3) is 10.9 Å². The molecule has 0 unspecified atom stereocenters. The van der Waals surface area contributed by atoms with Crippen molar-refractivity contribution in [3.8, 4) is 0 Å². The molecule has 0 spiro atoms. The van der Waals surface area contributed by atoms with Gasteiger partial charge < -0.3 is 0 Å². The van der Waals surface area contributed by atoms with Crippen LogP contribution in [0.3, 0.4) is 0 Å². The number of alkyl halides is 3. The predicted molar refractivity (Wildman–Crippen MR) is 75.9 cm³/mol. The molecule has 5 nitrogen and oxygen atoms in total. The van der Waals surface area contributed by atoms with Crippen molar-refractivity contribution in [1.82, 2.24) is 15.2 Å². The molecule has 1 aromatic carbocycles. The minimum atomic E-state index is -4.53. The molecule has 114 valence electrons. The zero-order chi connectivity index (χ0) is 15.9. The summed E-state index contributed by atoms with van der Waals surface area (Å²) in [7, 11) is 0. The summed E-state index contributed by atoms with van der Waals surface area (Å²) in [6.45, 7) is 1.87. The second-order valence-electron chi connectivity index (χ2n) is 4.61. The standard InChI is InChI=1S/C13H9F3N4OS/c1-6-2-3-8-7(4-6)10(20-19-8)11(21)18-12-17-9(5-22-12)13(14,15)16/h2-5H,1H3,(H,19,20)(H,17,18,21). The molecule has 2 heterocycles. The predicted octanol–water partition coefficient (Wildman–Crippen LogP) is 3.60. The average molecular weight is 326 g/mol. The van der Waals surface area contributed by atoms with Crippen LogP contribution in [0, 0.1) is 6.92 Å². The molecule has 0 aliphatic rings. The normalized spacial score (nSPS) is 11.8. The molecule has 0 radical (unpaired) electrons. The summed E-state index contributed by atoms with van der Waals surface area (Å²) in [5.41, 5.74) is 0.695. The van der Waals surface area contributed by atoms with Crippen molar-refractivity contribution in [3.05, 3.63) is 40.5 Å². The summed E-state index contributed by atoms with van der Waals surface area (Å²) in [6, 6.07) is 5.41. The topological polar surface area (TPSA) is 70.7 Å². The van der Waals surface area contributed by atoms with Gasteiger partial charge in [0.1, 0.15) is 0 Å². The van der Waals surface area contributed by atoms with Gasteiger partial charge in [-0.15, -0.1) is 11.3 Å². The molecule has 2 N–H and O–H groups in total. The molecular weight excluding hydrogens is 317 g/mol. The molecule has 0 atom stereocenters. The lowest BCUT2D eigenvalue weighted by atomic mass is 10.1. The Balaban J connectivity index is 1.87. The summed E-state index contributed by atoms with van der Waals surface area (Å²) >= 11 is 0.710. The molecular formula is C13H9F3N4OS. The van der Waals surface area contributed by atoms with Crippen molar-refractivity contribution in [2.24, 2.45) is 0 Å².